The fraction of sp³-hybridized carbons (Fsp3) is 0.312. The van der Waals surface area contributed by atoms with E-state index in [1.165, 1.54) is 18.4 Å². The largest absolute Gasteiger partial charge is 0.497 e. The Kier molecular flexibility index (Phi) is 5.05. The lowest BCUT2D eigenvalue weighted by atomic mass is 10.0. The summed E-state index contributed by atoms with van der Waals surface area (Å²) in [5.74, 6) is 0.352. The summed E-state index contributed by atoms with van der Waals surface area (Å²) in [5.41, 5.74) is 8.26. The van der Waals surface area contributed by atoms with Gasteiger partial charge in [0.15, 0.2) is 0 Å². The van der Waals surface area contributed by atoms with Crippen LogP contribution in [0.4, 0.5) is 5.00 Å². The highest BCUT2D eigenvalue weighted by molar-refractivity contribution is 7.17. The maximum Gasteiger partial charge on any atom is 0.341 e. The smallest absolute Gasteiger partial charge is 0.341 e. The van der Waals surface area contributed by atoms with E-state index in [1.807, 2.05) is 43.3 Å². The molecule has 1 aromatic carbocycles. The normalized spacial score (nSPS) is 10.8. The van der Waals surface area contributed by atoms with E-state index in [0.29, 0.717) is 17.1 Å². The van der Waals surface area contributed by atoms with Crippen LogP contribution in [-0.2, 0) is 11.3 Å². The molecule has 0 spiro atoms. The summed E-state index contributed by atoms with van der Waals surface area (Å²) >= 11 is 1.42. The number of ether oxygens (including phenoxy) is 2. The van der Waals surface area contributed by atoms with Gasteiger partial charge in [-0.1, -0.05) is 12.1 Å². The van der Waals surface area contributed by atoms with Crippen molar-refractivity contribution in [3.05, 3.63) is 34.7 Å². The van der Waals surface area contributed by atoms with Crippen molar-refractivity contribution < 1.29 is 14.3 Å². The summed E-state index contributed by atoms with van der Waals surface area (Å²) in [6.07, 6.45) is 0. The lowest BCUT2D eigenvalue weighted by Gasteiger charge is -2.12. The lowest BCUT2D eigenvalue weighted by Crippen LogP contribution is -2.11. The predicted octanol–water partition coefficient (Wildman–Crippen LogP) is 2.85. The van der Waals surface area contributed by atoms with Crippen molar-refractivity contribution >= 4 is 22.3 Å². The third-order valence-corrected chi connectivity index (χ3v) is 4.24. The number of benzene rings is 1. The molecule has 1 aromatic heterocycles. The van der Waals surface area contributed by atoms with Gasteiger partial charge >= 0.3 is 5.97 Å². The average molecular weight is 320 g/mol. The molecule has 0 unspecified atom stereocenters. The number of anilines is 1. The molecule has 2 aromatic rings. The van der Waals surface area contributed by atoms with Crippen LogP contribution in [0, 0.1) is 0 Å². The minimum absolute atomic E-state index is 0.412. The molecule has 0 bridgehead atoms. The van der Waals surface area contributed by atoms with E-state index >= 15 is 0 Å². The van der Waals surface area contributed by atoms with Crippen LogP contribution in [0.2, 0.25) is 0 Å². The summed E-state index contributed by atoms with van der Waals surface area (Å²) in [7, 11) is 6.94. The first-order valence-electron chi connectivity index (χ1n) is 6.76. The molecular weight excluding hydrogens is 300 g/mol. The Bertz CT molecular complexity index is 663. The van der Waals surface area contributed by atoms with Crippen molar-refractivity contribution in [1.82, 2.24) is 4.90 Å². The molecule has 0 aliphatic rings. The standard InChI is InChI=1S/C16H20N2O3S/c1-18(2)9-12-13(10-5-7-11(20-3)8-6-10)14(15(17)22-12)16(19)21-4/h5-8H,9,17H2,1-4H3. The number of rotatable bonds is 5. The molecule has 0 saturated carbocycles. The molecule has 6 heteroatoms. The van der Waals surface area contributed by atoms with Crippen molar-refractivity contribution in [3.8, 4) is 16.9 Å². The van der Waals surface area contributed by atoms with Crippen LogP contribution in [-0.4, -0.2) is 39.2 Å². The van der Waals surface area contributed by atoms with Crippen LogP contribution in [0.5, 0.6) is 5.75 Å². The summed E-state index contributed by atoms with van der Waals surface area (Å²) in [6, 6.07) is 7.57. The van der Waals surface area contributed by atoms with Gasteiger partial charge in [-0.2, -0.15) is 0 Å². The monoisotopic (exact) mass is 320 g/mol. The quantitative estimate of drug-likeness (QED) is 0.858. The zero-order chi connectivity index (χ0) is 16.3. The Labute approximate surface area is 134 Å². The number of nitrogens with two attached hydrogens (primary N) is 1. The number of hydrogen-bond acceptors (Lipinski definition) is 6. The van der Waals surface area contributed by atoms with Gasteiger partial charge < -0.3 is 20.1 Å². The first-order valence-corrected chi connectivity index (χ1v) is 7.58. The van der Waals surface area contributed by atoms with Crippen molar-refractivity contribution in [2.24, 2.45) is 0 Å². The molecule has 0 saturated heterocycles. The Morgan fingerprint density at radius 3 is 2.36 bits per heavy atom. The fourth-order valence-corrected chi connectivity index (χ4v) is 3.46. The van der Waals surface area contributed by atoms with Gasteiger partial charge in [0.1, 0.15) is 16.3 Å². The fourth-order valence-electron chi connectivity index (χ4n) is 2.26. The van der Waals surface area contributed by atoms with Crippen molar-refractivity contribution in [1.29, 1.82) is 0 Å². The van der Waals surface area contributed by atoms with E-state index in [-0.39, 0.29) is 0 Å². The number of nitrogen functional groups attached to an aromatic ring is 1. The van der Waals surface area contributed by atoms with Gasteiger partial charge in [-0.3, -0.25) is 0 Å². The van der Waals surface area contributed by atoms with Gasteiger partial charge in [0.2, 0.25) is 0 Å². The van der Waals surface area contributed by atoms with Crippen LogP contribution in [0.1, 0.15) is 15.2 Å². The van der Waals surface area contributed by atoms with Crippen molar-refractivity contribution in [2.75, 3.05) is 34.0 Å². The number of esters is 1. The van der Waals surface area contributed by atoms with E-state index in [4.69, 9.17) is 15.2 Å². The SMILES string of the molecule is COC(=O)c1c(N)sc(CN(C)C)c1-c1ccc(OC)cc1. The molecular formula is C16H20N2O3S. The number of carbonyl (C=O) groups is 1. The zero-order valence-electron chi connectivity index (χ0n) is 13.2. The summed E-state index contributed by atoms with van der Waals surface area (Å²) in [6.45, 7) is 0.702. The zero-order valence-corrected chi connectivity index (χ0v) is 14.0. The minimum Gasteiger partial charge on any atom is -0.497 e. The van der Waals surface area contributed by atoms with Gasteiger partial charge in [-0.05, 0) is 31.8 Å². The Hall–Kier alpha value is -2.05. The Morgan fingerprint density at radius 1 is 1.23 bits per heavy atom. The summed E-state index contributed by atoms with van der Waals surface area (Å²) < 4.78 is 10.1. The van der Waals surface area contributed by atoms with E-state index in [9.17, 15) is 4.79 Å². The highest BCUT2D eigenvalue weighted by Crippen LogP contribution is 2.40. The predicted molar refractivity (Wildman–Crippen MR) is 89.4 cm³/mol. The second kappa shape index (κ2) is 6.81. The molecule has 2 N–H and O–H groups in total. The molecule has 0 aliphatic carbocycles. The molecule has 0 aliphatic heterocycles. The second-order valence-corrected chi connectivity index (χ2v) is 6.23. The van der Waals surface area contributed by atoms with E-state index in [1.54, 1.807) is 7.11 Å². The van der Waals surface area contributed by atoms with Crippen LogP contribution in [0.15, 0.2) is 24.3 Å². The number of carbonyl (C=O) groups excluding carboxylic acids is 1. The van der Waals surface area contributed by atoms with E-state index in [2.05, 4.69) is 0 Å². The summed E-state index contributed by atoms with van der Waals surface area (Å²) in [4.78, 5) is 15.2. The first kappa shape index (κ1) is 16.3. The van der Waals surface area contributed by atoms with Gasteiger partial charge in [-0.25, -0.2) is 4.79 Å². The topological polar surface area (TPSA) is 64.8 Å². The first-order chi connectivity index (χ1) is 10.5. The third-order valence-electron chi connectivity index (χ3n) is 3.24. The van der Waals surface area contributed by atoms with Crippen LogP contribution in [0.3, 0.4) is 0 Å². The Morgan fingerprint density at radius 2 is 1.86 bits per heavy atom. The molecule has 22 heavy (non-hydrogen) atoms. The maximum absolute atomic E-state index is 12.1. The van der Waals surface area contributed by atoms with E-state index in [0.717, 1.165) is 21.8 Å². The van der Waals surface area contributed by atoms with Gasteiger partial charge in [0, 0.05) is 17.0 Å². The molecule has 0 amide bonds. The molecule has 118 valence electrons. The highest BCUT2D eigenvalue weighted by Gasteiger charge is 2.24. The number of thiophene rings is 1. The van der Waals surface area contributed by atoms with Crippen LogP contribution in [0.25, 0.3) is 11.1 Å². The van der Waals surface area contributed by atoms with Gasteiger partial charge in [-0.15, -0.1) is 11.3 Å². The molecule has 0 radical (unpaired) electrons. The third kappa shape index (κ3) is 3.23. The Balaban J connectivity index is 2.60. The van der Waals surface area contributed by atoms with Crippen molar-refractivity contribution in [3.63, 3.8) is 0 Å². The average Bonchev–Trinajstić information content (AvgIpc) is 2.82. The van der Waals surface area contributed by atoms with Crippen LogP contribution < -0.4 is 10.5 Å². The van der Waals surface area contributed by atoms with E-state index < -0.39 is 5.97 Å². The molecule has 2 rings (SSSR count). The maximum atomic E-state index is 12.1. The second-order valence-electron chi connectivity index (χ2n) is 5.10. The van der Waals surface area contributed by atoms with Crippen molar-refractivity contribution in [2.45, 2.75) is 6.54 Å². The minimum atomic E-state index is -0.412. The van der Waals surface area contributed by atoms with Crippen LogP contribution >= 0.6 is 11.3 Å². The molecule has 0 atom stereocenters. The number of methoxy groups -OCH3 is 2. The van der Waals surface area contributed by atoms with Gasteiger partial charge in [0.25, 0.3) is 0 Å². The molecule has 1 heterocycles. The lowest BCUT2D eigenvalue weighted by molar-refractivity contribution is 0.0603. The number of hydrogen-bond donors (Lipinski definition) is 1. The highest BCUT2D eigenvalue weighted by atomic mass is 32.1. The number of nitrogens with zero attached hydrogens (tertiary/aromatic N) is 1. The molecule has 0 fully saturated rings. The van der Waals surface area contributed by atoms with Gasteiger partial charge in [0.05, 0.1) is 14.2 Å². The summed E-state index contributed by atoms with van der Waals surface area (Å²) in [5, 5.41) is 0.481. The molecule has 5 nitrogen and oxygen atoms in total.